The van der Waals surface area contributed by atoms with Gasteiger partial charge in [-0.05, 0) is 36.6 Å². The Bertz CT molecular complexity index is 873. The topological polar surface area (TPSA) is 43.9 Å². The Morgan fingerprint density at radius 1 is 0.929 bits per heavy atom. The number of aryl methyl sites for hydroxylation is 2. The van der Waals surface area contributed by atoms with Crippen LogP contribution in [0.15, 0.2) is 48.5 Å². The third-order valence-electron chi connectivity index (χ3n) is 5.83. The van der Waals surface area contributed by atoms with Crippen LogP contribution in [0.5, 0.6) is 0 Å². The van der Waals surface area contributed by atoms with Gasteiger partial charge in [0, 0.05) is 32.7 Å². The van der Waals surface area contributed by atoms with Crippen molar-refractivity contribution in [3.05, 3.63) is 65.2 Å². The van der Waals surface area contributed by atoms with Gasteiger partial charge in [-0.1, -0.05) is 42.5 Å². The van der Waals surface area contributed by atoms with Gasteiger partial charge in [-0.25, -0.2) is 4.90 Å². The Balaban J connectivity index is 1.41. The van der Waals surface area contributed by atoms with Gasteiger partial charge in [0.25, 0.3) is 5.91 Å². The van der Waals surface area contributed by atoms with Gasteiger partial charge < -0.3 is 0 Å². The summed E-state index contributed by atoms with van der Waals surface area (Å²) in [6, 6.07) is 16.0. The van der Waals surface area contributed by atoms with Crippen LogP contribution in [0.1, 0.15) is 23.1 Å². The summed E-state index contributed by atoms with van der Waals surface area (Å²) in [6.45, 7) is 8.32. The molecule has 0 unspecified atom stereocenters. The van der Waals surface area contributed by atoms with Crippen LogP contribution in [0.2, 0.25) is 0 Å². The summed E-state index contributed by atoms with van der Waals surface area (Å²) in [6.07, 6.45) is 0.283. The first-order valence-corrected chi connectivity index (χ1v) is 9.97. The highest BCUT2D eigenvalue weighted by Crippen LogP contribution is 2.29. The quantitative estimate of drug-likeness (QED) is 0.769. The molecule has 2 fully saturated rings. The number of hydrogen-bond donors (Lipinski definition) is 0. The predicted molar refractivity (Wildman–Crippen MR) is 110 cm³/mol. The summed E-state index contributed by atoms with van der Waals surface area (Å²) in [5.41, 5.74) is 4.06. The molecule has 2 aromatic carbocycles. The second kappa shape index (κ2) is 7.86. The van der Waals surface area contributed by atoms with E-state index < -0.39 is 0 Å². The lowest BCUT2D eigenvalue weighted by molar-refractivity contribution is -0.123. The smallest absolute Gasteiger partial charge is 0.251 e. The highest BCUT2D eigenvalue weighted by Gasteiger charge is 2.43. The van der Waals surface area contributed by atoms with Crippen LogP contribution in [0.3, 0.4) is 0 Å². The lowest BCUT2D eigenvalue weighted by Gasteiger charge is -2.37. The Labute approximate surface area is 166 Å². The fourth-order valence-corrected chi connectivity index (χ4v) is 4.19. The molecule has 1 atom stereocenters. The van der Waals surface area contributed by atoms with E-state index in [9.17, 15) is 9.59 Å². The monoisotopic (exact) mass is 377 g/mol. The number of anilines is 1. The van der Waals surface area contributed by atoms with E-state index >= 15 is 0 Å². The molecule has 2 aromatic rings. The molecule has 28 heavy (non-hydrogen) atoms. The van der Waals surface area contributed by atoms with Crippen LogP contribution in [-0.4, -0.2) is 53.8 Å². The van der Waals surface area contributed by atoms with Gasteiger partial charge in [-0.15, -0.1) is 0 Å². The van der Waals surface area contributed by atoms with Gasteiger partial charge in [0.15, 0.2) is 0 Å². The molecule has 2 saturated heterocycles. The third kappa shape index (κ3) is 3.73. The van der Waals surface area contributed by atoms with Crippen LogP contribution in [-0.2, 0) is 16.1 Å². The molecule has 0 aromatic heterocycles. The molecule has 2 aliphatic heterocycles. The van der Waals surface area contributed by atoms with Crippen molar-refractivity contribution in [3.8, 4) is 0 Å². The number of imide groups is 1. The first-order chi connectivity index (χ1) is 13.5. The van der Waals surface area contributed by atoms with Crippen LogP contribution >= 0.6 is 0 Å². The molecule has 0 spiro atoms. The van der Waals surface area contributed by atoms with E-state index in [-0.39, 0.29) is 24.3 Å². The normalized spacial score (nSPS) is 21.5. The number of carbonyl (C=O) groups excluding carboxylic acids is 2. The van der Waals surface area contributed by atoms with Crippen molar-refractivity contribution in [2.45, 2.75) is 32.9 Å². The number of nitrogens with zero attached hydrogens (tertiary/aromatic N) is 3. The number of hydrogen-bond acceptors (Lipinski definition) is 4. The number of rotatable bonds is 4. The van der Waals surface area contributed by atoms with Crippen molar-refractivity contribution >= 4 is 17.5 Å². The van der Waals surface area contributed by atoms with Gasteiger partial charge >= 0.3 is 0 Å². The minimum absolute atomic E-state index is 0.0739. The lowest BCUT2D eigenvalue weighted by atomic mass is 10.1. The van der Waals surface area contributed by atoms with Crippen LogP contribution in [0.25, 0.3) is 0 Å². The number of carbonyl (C=O) groups is 2. The molecule has 0 aliphatic carbocycles. The van der Waals surface area contributed by atoms with Crippen LogP contribution in [0, 0.1) is 13.8 Å². The number of benzene rings is 2. The molecule has 0 radical (unpaired) electrons. The highest BCUT2D eigenvalue weighted by atomic mass is 16.2. The minimum atomic E-state index is -0.328. The lowest BCUT2D eigenvalue weighted by Crippen LogP contribution is -2.52. The van der Waals surface area contributed by atoms with Crippen molar-refractivity contribution in [2.75, 3.05) is 31.1 Å². The molecule has 2 heterocycles. The van der Waals surface area contributed by atoms with E-state index in [0.717, 1.165) is 49.5 Å². The Morgan fingerprint density at radius 3 is 2.36 bits per heavy atom. The minimum Gasteiger partial charge on any atom is -0.297 e. The van der Waals surface area contributed by atoms with Gasteiger partial charge in [0.2, 0.25) is 5.91 Å². The predicted octanol–water partition coefficient (Wildman–Crippen LogP) is 2.75. The van der Waals surface area contributed by atoms with Crippen molar-refractivity contribution in [2.24, 2.45) is 0 Å². The van der Waals surface area contributed by atoms with Gasteiger partial charge in [-0.2, -0.15) is 0 Å². The third-order valence-corrected chi connectivity index (χ3v) is 5.83. The van der Waals surface area contributed by atoms with Gasteiger partial charge in [-0.3, -0.25) is 19.4 Å². The van der Waals surface area contributed by atoms with E-state index in [1.807, 2.05) is 38.1 Å². The molecule has 5 heteroatoms. The highest BCUT2D eigenvalue weighted by molar-refractivity contribution is 6.22. The SMILES string of the molecule is Cc1ccc(C)c(N2C(=O)C[C@H](N3CCN(Cc4ccccc4)CC3)C2=O)c1. The molecular weight excluding hydrogens is 350 g/mol. The average Bonchev–Trinajstić information content (AvgIpc) is 2.99. The van der Waals surface area contributed by atoms with E-state index in [4.69, 9.17) is 0 Å². The summed E-state index contributed by atoms with van der Waals surface area (Å²) in [4.78, 5) is 31.8. The maximum atomic E-state index is 13.1. The molecular formula is C23H27N3O2. The second-order valence-corrected chi connectivity index (χ2v) is 7.87. The van der Waals surface area contributed by atoms with Crippen molar-refractivity contribution < 1.29 is 9.59 Å². The summed E-state index contributed by atoms with van der Waals surface area (Å²) in [7, 11) is 0. The molecule has 2 amide bonds. The second-order valence-electron chi connectivity index (χ2n) is 7.87. The Kier molecular flexibility index (Phi) is 5.29. The van der Waals surface area contributed by atoms with Gasteiger partial charge in [0.05, 0.1) is 18.2 Å². The molecule has 5 nitrogen and oxygen atoms in total. The zero-order chi connectivity index (χ0) is 19.7. The van der Waals surface area contributed by atoms with Crippen LogP contribution < -0.4 is 4.90 Å². The Morgan fingerprint density at radius 2 is 1.64 bits per heavy atom. The molecule has 0 saturated carbocycles. The average molecular weight is 377 g/mol. The fourth-order valence-electron chi connectivity index (χ4n) is 4.19. The van der Waals surface area contributed by atoms with E-state index in [0.29, 0.717) is 0 Å². The van der Waals surface area contributed by atoms with Crippen molar-refractivity contribution in [1.29, 1.82) is 0 Å². The fraction of sp³-hybridized carbons (Fsp3) is 0.391. The Hall–Kier alpha value is -2.50. The van der Waals surface area contributed by atoms with Crippen molar-refractivity contribution in [1.82, 2.24) is 9.80 Å². The maximum Gasteiger partial charge on any atom is 0.251 e. The molecule has 0 N–H and O–H groups in total. The molecule has 146 valence electrons. The summed E-state index contributed by atoms with van der Waals surface area (Å²) >= 11 is 0. The van der Waals surface area contributed by atoms with Crippen molar-refractivity contribution in [3.63, 3.8) is 0 Å². The number of amides is 2. The first-order valence-electron chi connectivity index (χ1n) is 9.97. The van der Waals surface area contributed by atoms with E-state index in [1.165, 1.54) is 10.5 Å². The van der Waals surface area contributed by atoms with Crippen LogP contribution in [0.4, 0.5) is 5.69 Å². The molecule has 2 aliphatic rings. The van der Waals surface area contributed by atoms with E-state index in [1.54, 1.807) is 0 Å². The molecule has 0 bridgehead atoms. The first kappa shape index (κ1) is 18.8. The van der Waals surface area contributed by atoms with Gasteiger partial charge in [0.1, 0.15) is 0 Å². The summed E-state index contributed by atoms with van der Waals surface area (Å²) in [5, 5.41) is 0. The zero-order valence-corrected chi connectivity index (χ0v) is 16.6. The van der Waals surface area contributed by atoms with E-state index in [2.05, 4.69) is 34.1 Å². The largest absolute Gasteiger partial charge is 0.297 e. The maximum absolute atomic E-state index is 13.1. The summed E-state index contributed by atoms with van der Waals surface area (Å²) < 4.78 is 0. The number of piperazine rings is 1. The summed E-state index contributed by atoms with van der Waals surface area (Å²) in [5.74, 6) is -0.161. The standard InChI is InChI=1S/C23H27N3O2/c1-17-8-9-18(2)20(14-17)26-22(27)15-21(23(26)28)25-12-10-24(11-13-25)16-19-6-4-3-5-7-19/h3-9,14,21H,10-13,15-16H2,1-2H3/t21-/m0/s1. The zero-order valence-electron chi connectivity index (χ0n) is 16.6. The molecule has 4 rings (SSSR count).